The number of nitriles is 1. The van der Waals surface area contributed by atoms with E-state index in [0.717, 1.165) is 16.8 Å². The van der Waals surface area contributed by atoms with Gasteiger partial charge >= 0.3 is 0 Å². The van der Waals surface area contributed by atoms with E-state index < -0.39 is 5.91 Å². The summed E-state index contributed by atoms with van der Waals surface area (Å²) in [4.78, 5) is 12.1. The van der Waals surface area contributed by atoms with Gasteiger partial charge in [-0.25, -0.2) is 0 Å². The number of hydrogen-bond donors (Lipinski definition) is 2. The zero-order valence-corrected chi connectivity index (χ0v) is 12.7. The van der Waals surface area contributed by atoms with Crippen molar-refractivity contribution in [1.82, 2.24) is 5.32 Å². The molecule has 0 aromatic heterocycles. The van der Waals surface area contributed by atoms with Crippen LogP contribution in [0.5, 0.6) is 0 Å². The molecule has 1 amide bonds. The standard InChI is InChI=1S/C16H21N3O/c1-11-6-7-14(12(2)8-11)19-15(20)13(9-17)10-18-16(3,4)5/h6-8,10,18H,1-5H3,(H,19,20)/b13-10-. The van der Waals surface area contributed by atoms with Crippen LogP contribution in [0.4, 0.5) is 5.69 Å². The third-order valence-corrected chi connectivity index (χ3v) is 2.64. The van der Waals surface area contributed by atoms with E-state index in [-0.39, 0.29) is 11.1 Å². The Hall–Kier alpha value is -2.28. The van der Waals surface area contributed by atoms with Crippen LogP contribution in [0, 0.1) is 25.2 Å². The summed E-state index contributed by atoms with van der Waals surface area (Å²) in [6.45, 7) is 9.79. The van der Waals surface area contributed by atoms with Gasteiger partial charge in [-0.1, -0.05) is 17.7 Å². The summed E-state index contributed by atoms with van der Waals surface area (Å²) in [5.74, 6) is -0.406. The Morgan fingerprint density at radius 1 is 1.30 bits per heavy atom. The number of carbonyl (C=O) groups excluding carboxylic acids is 1. The van der Waals surface area contributed by atoms with Crippen molar-refractivity contribution < 1.29 is 4.79 Å². The molecule has 4 nitrogen and oxygen atoms in total. The number of aryl methyl sites for hydroxylation is 2. The quantitative estimate of drug-likeness (QED) is 0.656. The van der Waals surface area contributed by atoms with Gasteiger partial charge in [-0.2, -0.15) is 5.26 Å². The molecule has 0 aliphatic heterocycles. The van der Waals surface area contributed by atoms with E-state index in [0.29, 0.717) is 0 Å². The summed E-state index contributed by atoms with van der Waals surface area (Å²) in [7, 11) is 0. The number of rotatable bonds is 3. The van der Waals surface area contributed by atoms with Gasteiger partial charge in [-0.3, -0.25) is 4.79 Å². The monoisotopic (exact) mass is 271 g/mol. The summed E-state index contributed by atoms with van der Waals surface area (Å²) in [5.41, 5.74) is 2.69. The molecule has 0 saturated carbocycles. The first-order valence-corrected chi connectivity index (χ1v) is 6.49. The van der Waals surface area contributed by atoms with Crippen molar-refractivity contribution in [2.45, 2.75) is 40.2 Å². The van der Waals surface area contributed by atoms with Crippen LogP contribution in [0.2, 0.25) is 0 Å². The molecule has 20 heavy (non-hydrogen) atoms. The Balaban J connectivity index is 2.86. The van der Waals surface area contributed by atoms with Crippen molar-refractivity contribution in [1.29, 1.82) is 5.26 Å². The predicted octanol–water partition coefficient (Wildman–Crippen LogP) is 3.04. The fourth-order valence-electron chi connectivity index (χ4n) is 1.58. The van der Waals surface area contributed by atoms with Gasteiger partial charge in [0.2, 0.25) is 0 Å². The summed E-state index contributed by atoms with van der Waals surface area (Å²) in [6, 6.07) is 7.66. The van der Waals surface area contributed by atoms with Gasteiger partial charge in [0.05, 0.1) is 0 Å². The minimum absolute atomic E-state index is 0.0555. The van der Waals surface area contributed by atoms with Crippen LogP contribution < -0.4 is 10.6 Å². The normalized spacial score (nSPS) is 11.7. The lowest BCUT2D eigenvalue weighted by Gasteiger charge is -2.19. The second-order valence-corrected chi connectivity index (χ2v) is 5.84. The minimum Gasteiger partial charge on any atom is -0.385 e. The van der Waals surface area contributed by atoms with Gasteiger partial charge in [0.1, 0.15) is 11.6 Å². The third-order valence-electron chi connectivity index (χ3n) is 2.64. The highest BCUT2D eigenvalue weighted by Gasteiger charge is 2.13. The van der Waals surface area contributed by atoms with Crippen molar-refractivity contribution in [3.05, 3.63) is 41.1 Å². The van der Waals surface area contributed by atoms with E-state index >= 15 is 0 Å². The van der Waals surface area contributed by atoms with Crippen LogP contribution in [0.15, 0.2) is 30.0 Å². The van der Waals surface area contributed by atoms with Gasteiger partial charge in [0, 0.05) is 17.4 Å². The molecule has 0 radical (unpaired) electrons. The summed E-state index contributed by atoms with van der Waals surface area (Å²) >= 11 is 0. The molecule has 0 atom stereocenters. The van der Waals surface area contributed by atoms with E-state index in [1.54, 1.807) is 0 Å². The molecule has 0 aliphatic rings. The number of nitrogens with zero attached hydrogens (tertiary/aromatic N) is 1. The number of carbonyl (C=O) groups is 1. The zero-order valence-electron chi connectivity index (χ0n) is 12.7. The van der Waals surface area contributed by atoms with Crippen LogP contribution in [0.1, 0.15) is 31.9 Å². The van der Waals surface area contributed by atoms with Crippen LogP contribution in [-0.4, -0.2) is 11.4 Å². The lowest BCUT2D eigenvalue weighted by molar-refractivity contribution is -0.112. The Morgan fingerprint density at radius 2 is 1.95 bits per heavy atom. The first kappa shape index (κ1) is 15.8. The van der Waals surface area contributed by atoms with Crippen molar-refractivity contribution in [3.63, 3.8) is 0 Å². The molecule has 0 saturated heterocycles. The molecular formula is C16H21N3O. The van der Waals surface area contributed by atoms with Gasteiger partial charge < -0.3 is 10.6 Å². The maximum atomic E-state index is 12.1. The van der Waals surface area contributed by atoms with Gasteiger partial charge in [-0.15, -0.1) is 0 Å². The Bertz CT molecular complexity index is 574. The lowest BCUT2D eigenvalue weighted by atomic mass is 10.1. The maximum Gasteiger partial charge on any atom is 0.267 e. The number of hydrogen-bond acceptors (Lipinski definition) is 3. The third kappa shape index (κ3) is 4.77. The number of nitrogens with one attached hydrogen (secondary N) is 2. The fourth-order valence-corrected chi connectivity index (χ4v) is 1.58. The SMILES string of the molecule is Cc1ccc(NC(=O)/C(C#N)=C\NC(C)(C)C)c(C)c1. The maximum absolute atomic E-state index is 12.1. The number of anilines is 1. The van der Waals surface area contributed by atoms with E-state index in [9.17, 15) is 4.79 Å². The first-order chi connectivity index (χ1) is 9.23. The summed E-state index contributed by atoms with van der Waals surface area (Å²) < 4.78 is 0. The highest BCUT2D eigenvalue weighted by atomic mass is 16.1. The van der Waals surface area contributed by atoms with Crippen molar-refractivity contribution >= 4 is 11.6 Å². The largest absolute Gasteiger partial charge is 0.385 e. The smallest absolute Gasteiger partial charge is 0.267 e. The van der Waals surface area contributed by atoms with Crippen LogP contribution in [0.25, 0.3) is 0 Å². The molecule has 0 spiro atoms. The lowest BCUT2D eigenvalue weighted by Crippen LogP contribution is -2.32. The average Bonchev–Trinajstić information content (AvgIpc) is 2.32. The molecule has 0 heterocycles. The molecule has 1 aromatic carbocycles. The second-order valence-electron chi connectivity index (χ2n) is 5.84. The van der Waals surface area contributed by atoms with Crippen LogP contribution in [0.3, 0.4) is 0 Å². The first-order valence-electron chi connectivity index (χ1n) is 6.49. The molecule has 106 valence electrons. The second kappa shape index (κ2) is 6.25. The molecule has 1 aromatic rings. The van der Waals surface area contributed by atoms with E-state index in [2.05, 4.69) is 10.6 Å². The van der Waals surface area contributed by atoms with Crippen molar-refractivity contribution in [3.8, 4) is 6.07 Å². The highest BCUT2D eigenvalue weighted by molar-refractivity contribution is 6.06. The molecule has 0 bridgehead atoms. The summed E-state index contributed by atoms with van der Waals surface area (Å²) in [5, 5.41) is 14.8. The average molecular weight is 271 g/mol. The van der Waals surface area contributed by atoms with Crippen molar-refractivity contribution in [2.24, 2.45) is 0 Å². The number of benzene rings is 1. The minimum atomic E-state index is -0.406. The van der Waals surface area contributed by atoms with E-state index in [1.807, 2.05) is 58.9 Å². The molecule has 0 aliphatic carbocycles. The zero-order chi connectivity index (χ0) is 15.3. The van der Waals surface area contributed by atoms with Gasteiger partial charge in [-0.05, 0) is 46.2 Å². The van der Waals surface area contributed by atoms with Gasteiger partial charge in [0.25, 0.3) is 5.91 Å². The fraction of sp³-hybridized carbons (Fsp3) is 0.375. The molecule has 0 unspecified atom stereocenters. The molecule has 0 fully saturated rings. The number of amides is 1. The summed E-state index contributed by atoms with van der Waals surface area (Å²) in [6.07, 6.45) is 1.46. The van der Waals surface area contributed by atoms with Gasteiger partial charge in [0.15, 0.2) is 0 Å². The molecule has 1 rings (SSSR count). The Morgan fingerprint density at radius 3 is 2.45 bits per heavy atom. The van der Waals surface area contributed by atoms with Crippen LogP contribution >= 0.6 is 0 Å². The topological polar surface area (TPSA) is 64.9 Å². The molecule has 2 N–H and O–H groups in total. The van der Waals surface area contributed by atoms with Crippen LogP contribution in [-0.2, 0) is 4.79 Å². The molecular weight excluding hydrogens is 250 g/mol. The van der Waals surface area contributed by atoms with E-state index in [1.165, 1.54) is 6.20 Å². The molecule has 4 heteroatoms. The Kier molecular flexibility index (Phi) is 4.93. The predicted molar refractivity (Wildman–Crippen MR) is 81.1 cm³/mol. The van der Waals surface area contributed by atoms with E-state index in [4.69, 9.17) is 5.26 Å². The van der Waals surface area contributed by atoms with Crippen molar-refractivity contribution in [2.75, 3.05) is 5.32 Å². The highest BCUT2D eigenvalue weighted by Crippen LogP contribution is 2.16. The Labute approximate surface area is 120 Å².